The monoisotopic (exact) mass is 273 g/mol. The van der Waals surface area contributed by atoms with Gasteiger partial charge in [-0.1, -0.05) is 0 Å². The maximum atomic E-state index is 3.55. The summed E-state index contributed by atoms with van der Waals surface area (Å²) in [5.41, 5.74) is 0. The summed E-state index contributed by atoms with van der Waals surface area (Å²) in [4.78, 5) is 5.33. The van der Waals surface area contributed by atoms with Gasteiger partial charge in [-0.05, 0) is 70.7 Å². The summed E-state index contributed by atoms with van der Waals surface area (Å²) in [6, 6.07) is 0.871. The summed E-state index contributed by atoms with van der Waals surface area (Å²) < 4.78 is 0. The minimum atomic E-state index is 0. The lowest BCUT2D eigenvalue weighted by atomic mass is 9.92. The molecule has 0 saturated carbocycles. The predicted octanol–water partition coefficient (Wildman–Crippen LogP) is 1.43. The Kier molecular flexibility index (Phi) is 5.31. The number of likely N-dealkylation sites (tertiary alicyclic amines) is 2. The standard InChI is InChI=1S/C14H27N3.ClH/c1-16-7-4-13-5-8-17(14(13)11-16)10-12-3-2-6-15-9-12;/h12-15H,2-11H2,1H3;1H. The van der Waals surface area contributed by atoms with Crippen molar-refractivity contribution in [3.05, 3.63) is 0 Å². The number of nitrogens with zero attached hydrogens (tertiary/aromatic N) is 2. The van der Waals surface area contributed by atoms with E-state index in [0.717, 1.165) is 17.9 Å². The second-order valence-electron chi connectivity index (χ2n) is 6.37. The lowest BCUT2D eigenvalue weighted by Crippen LogP contribution is -2.49. The first-order valence-electron chi connectivity index (χ1n) is 7.46. The van der Waals surface area contributed by atoms with E-state index in [9.17, 15) is 0 Å². The molecule has 0 radical (unpaired) electrons. The molecule has 3 aliphatic rings. The highest BCUT2D eigenvalue weighted by molar-refractivity contribution is 5.85. The van der Waals surface area contributed by atoms with Crippen LogP contribution in [0.5, 0.6) is 0 Å². The molecule has 3 rings (SSSR count). The van der Waals surface area contributed by atoms with Gasteiger partial charge >= 0.3 is 0 Å². The van der Waals surface area contributed by atoms with Gasteiger partial charge in [0.25, 0.3) is 0 Å². The zero-order valence-corrected chi connectivity index (χ0v) is 12.4. The van der Waals surface area contributed by atoms with Gasteiger partial charge < -0.3 is 10.2 Å². The van der Waals surface area contributed by atoms with Gasteiger partial charge in [0.15, 0.2) is 0 Å². The van der Waals surface area contributed by atoms with Crippen molar-refractivity contribution in [3.63, 3.8) is 0 Å². The zero-order valence-electron chi connectivity index (χ0n) is 11.6. The molecular weight excluding hydrogens is 246 g/mol. The van der Waals surface area contributed by atoms with Gasteiger partial charge in [-0.15, -0.1) is 12.4 Å². The Hall–Kier alpha value is 0.170. The van der Waals surface area contributed by atoms with Crippen LogP contribution in [0.3, 0.4) is 0 Å². The molecule has 0 amide bonds. The molecule has 3 heterocycles. The molecule has 3 nitrogen and oxygen atoms in total. The van der Waals surface area contributed by atoms with Gasteiger partial charge in [-0.3, -0.25) is 4.90 Å². The van der Waals surface area contributed by atoms with E-state index < -0.39 is 0 Å². The van der Waals surface area contributed by atoms with Crippen LogP contribution < -0.4 is 5.32 Å². The molecule has 3 saturated heterocycles. The summed E-state index contributed by atoms with van der Waals surface area (Å²) in [5, 5.41) is 3.55. The number of piperidine rings is 2. The number of hydrogen-bond donors (Lipinski definition) is 1. The molecule has 3 unspecified atom stereocenters. The summed E-state index contributed by atoms with van der Waals surface area (Å²) in [6.07, 6.45) is 5.71. The molecule has 0 aliphatic carbocycles. The molecule has 18 heavy (non-hydrogen) atoms. The lowest BCUT2D eigenvalue weighted by Gasteiger charge is -2.38. The van der Waals surface area contributed by atoms with Gasteiger partial charge in [-0.2, -0.15) is 0 Å². The fourth-order valence-corrected chi connectivity index (χ4v) is 4.02. The van der Waals surface area contributed by atoms with Crippen molar-refractivity contribution in [3.8, 4) is 0 Å². The normalized spacial score (nSPS) is 38.2. The Morgan fingerprint density at radius 3 is 2.78 bits per heavy atom. The number of likely N-dealkylation sites (N-methyl/N-ethyl adjacent to an activating group) is 1. The molecule has 3 fully saturated rings. The average Bonchev–Trinajstić information content (AvgIpc) is 2.73. The van der Waals surface area contributed by atoms with Crippen LogP contribution in [-0.4, -0.2) is 62.2 Å². The largest absolute Gasteiger partial charge is 0.316 e. The van der Waals surface area contributed by atoms with Gasteiger partial charge in [0.05, 0.1) is 0 Å². The molecule has 3 atom stereocenters. The topological polar surface area (TPSA) is 18.5 Å². The number of halogens is 1. The number of fused-ring (bicyclic) bond motifs is 1. The van der Waals surface area contributed by atoms with Crippen LogP contribution in [0.15, 0.2) is 0 Å². The molecule has 0 aromatic heterocycles. The molecule has 1 N–H and O–H groups in total. The van der Waals surface area contributed by atoms with E-state index in [1.807, 2.05) is 0 Å². The minimum absolute atomic E-state index is 0. The quantitative estimate of drug-likeness (QED) is 0.821. The number of hydrogen-bond acceptors (Lipinski definition) is 3. The summed E-state index contributed by atoms with van der Waals surface area (Å²) in [6.45, 7) is 7.83. The fraction of sp³-hybridized carbons (Fsp3) is 1.00. The number of nitrogens with one attached hydrogen (secondary N) is 1. The van der Waals surface area contributed by atoms with Crippen LogP contribution in [0.4, 0.5) is 0 Å². The predicted molar refractivity (Wildman–Crippen MR) is 78.4 cm³/mol. The first kappa shape index (κ1) is 14.6. The first-order valence-corrected chi connectivity index (χ1v) is 7.46. The second kappa shape index (κ2) is 6.56. The highest BCUT2D eigenvalue weighted by Gasteiger charge is 2.37. The van der Waals surface area contributed by atoms with Gasteiger partial charge in [0.1, 0.15) is 0 Å². The van der Waals surface area contributed by atoms with Crippen molar-refractivity contribution in [2.24, 2.45) is 11.8 Å². The van der Waals surface area contributed by atoms with E-state index in [1.165, 1.54) is 65.0 Å². The summed E-state index contributed by atoms with van der Waals surface area (Å²) in [5.74, 6) is 1.91. The molecule has 0 spiro atoms. The van der Waals surface area contributed by atoms with Crippen molar-refractivity contribution >= 4 is 12.4 Å². The number of rotatable bonds is 2. The fourth-order valence-electron chi connectivity index (χ4n) is 4.02. The van der Waals surface area contributed by atoms with Crippen molar-refractivity contribution in [1.82, 2.24) is 15.1 Å². The molecule has 0 aromatic carbocycles. The highest BCUT2D eigenvalue weighted by Crippen LogP contribution is 2.32. The Morgan fingerprint density at radius 2 is 2.00 bits per heavy atom. The second-order valence-corrected chi connectivity index (χ2v) is 6.37. The van der Waals surface area contributed by atoms with Crippen molar-refractivity contribution < 1.29 is 0 Å². The molecular formula is C14H28ClN3. The van der Waals surface area contributed by atoms with E-state index in [1.54, 1.807) is 0 Å². The molecule has 0 bridgehead atoms. The van der Waals surface area contributed by atoms with E-state index >= 15 is 0 Å². The third-order valence-electron chi connectivity index (χ3n) is 5.07. The van der Waals surface area contributed by atoms with Crippen LogP contribution in [0.25, 0.3) is 0 Å². The van der Waals surface area contributed by atoms with E-state index in [4.69, 9.17) is 0 Å². The highest BCUT2D eigenvalue weighted by atomic mass is 35.5. The SMILES string of the molecule is CN1CCC2CCN(CC3CCCNC3)C2C1.Cl. The van der Waals surface area contributed by atoms with Crippen molar-refractivity contribution in [2.75, 3.05) is 46.3 Å². The van der Waals surface area contributed by atoms with Crippen LogP contribution in [-0.2, 0) is 0 Å². The maximum absolute atomic E-state index is 3.55. The van der Waals surface area contributed by atoms with E-state index in [0.29, 0.717) is 0 Å². The van der Waals surface area contributed by atoms with Gasteiger partial charge in [0.2, 0.25) is 0 Å². The van der Waals surface area contributed by atoms with Gasteiger partial charge in [0, 0.05) is 19.1 Å². The van der Waals surface area contributed by atoms with Crippen molar-refractivity contribution in [2.45, 2.75) is 31.7 Å². The first-order chi connectivity index (χ1) is 8.33. The summed E-state index contributed by atoms with van der Waals surface area (Å²) >= 11 is 0. The molecule has 106 valence electrons. The van der Waals surface area contributed by atoms with Crippen LogP contribution in [0.1, 0.15) is 25.7 Å². The van der Waals surface area contributed by atoms with Crippen molar-refractivity contribution in [1.29, 1.82) is 0 Å². The zero-order chi connectivity index (χ0) is 11.7. The minimum Gasteiger partial charge on any atom is -0.316 e. The van der Waals surface area contributed by atoms with E-state index in [2.05, 4.69) is 22.2 Å². The van der Waals surface area contributed by atoms with Crippen LogP contribution >= 0.6 is 12.4 Å². The average molecular weight is 274 g/mol. The molecule has 0 aromatic rings. The third-order valence-corrected chi connectivity index (χ3v) is 5.07. The molecule has 3 aliphatic heterocycles. The van der Waals surface area contributed by atoms with Gasteiger partial charge in [-0.25, -0.2) is 0 Å². The summed E-state index contributed by atoms with van der Waals surface area (Å²) in [7, 11) is 2.29. The van der Waals surface area contributed by atoms with Crippen LogP contribution in [0, 0.1) is 11.8 Å². The van der Waals surface area contributed by atoms with E-state index in [-0.39, 0.29) is 12.4 Å². The lowest BCUT2D eigenvalue weighted by molar-refractivity contribution is 0.106. The van der Waals surface area contributed by atoms with Crippen LogP contribution in [0.2, 0.25) is 0 Å². The molecule has 4 heteroatoms. The Labute approximate surface area is 118 Å². The Bertz CT molecular complexity index is 255. The smallest absolute Gasteiger partial charge is 0.0252 e. The Balaban J connectivity index is 0.00000120. The Morgan fingerprint density at radius 1 is 1.17 bits per heavy atom. The third kappa shape index (κ3) is 3.19. The maximum Gasteiger partial charge on any atom is 0.0252 e.